The van der Waals surface area contributed by atoms with Gasteiger partial charge in [0.15, 0.2) is 0 Å². The van der Waals surface area contributed by atoms with Crippen molar-refractivity contribution in [3.8, 4) is 11.3 Å². The Morgan fingerprint density at radius 1 is 1.29 bits per heavy atom. The molecule has 5 heteroatoms. The molecule has 0 saturated carbocycles. The van der Waals surface area contributed by atoms with Gasteiger partial charge in [0.1, 0.15) is 12.1 Å². The average molecular weight is 324 g/mol. The number of amides is 1. The average Bonchev–Trinajstić information content (AvgIpc) is 2.67. The summed E-state index contributed by atoms with van der Waals surface area (Å²) in [4.78, 5) is 23.3. The maximum Gasteiger partial charge on any atom is 0.224 e. The van der Waals surface area contributed by atoms with Crippen LogP contribution in [-0.2, 0) is 4.79 Å². The summed E-state index contributed by atoms with van der Waals surface area (Å²) in [6.45, 7) is 4.48. The standard InChI is InChI=1S/C19H24N4O/c1-2-10-20-19(24)16-9-6-11-23(13-16)18-12-17(21-14-22-18)15-7-4-3-5-8-15/h3-5,7-8,12,14,16H,2,6,9-11,13H2,1H3,(H,20,24). The number of hydrogen-bond donors (Lipinski definition) is 1. The molecule has 24 heavy (non-hydrogen) atoms. The number of carbonyl (C=O) groups excluding carboxylic acids is 1. The van der Waals surface area contributed by atoms with Gasteiger partial charge in [-0.05, 0) is 19.3 Å². The molecule has 1 fully saturated rings. The molecule has 0 radical (unpaired) electrons. The molecule has 0 spiro atoms. The third-order valence-corrected chi connectivity index (χ3v) is 4.39. The third-order valence-electron chi connectivity index (χ3n) is 4.39. The van der Waals surface area contributed by atoms with Crippen LogP contribution in [0.25, 0.3) is 11.3 Å². The fourth-order valence-corrected chi connectivity index (χ4v) is 3.08. The van der Waals surface area contributed by atoms with Gasteiger partial charge in [-0.1, -0.05) is 37.3 Å². The molecule has 1 saturated heterocycles. The zero-order valence-electron chi connectivity index (χ0n) is 14.1. The van der Waals surface area contributed by atoms with E-state index in [9.17, 15) is 4.79 Å². The SMILES string of the molecule is CCCNC(=O)C1CCCN(c2cc(-c3ccccc3)ncn2)C1. The first kappa shape index (κ1) is 16.4. The summed E-state index contributed by atoms with van der Waals surface area (Å²) in [6, 6.07) is 12.1. The van der Waals surface area contributed by atoms with Crippen LogP contribution >= 0.6 is 0 Å². The molecule has 1 aromatic carbocycles. The van der Waals surface area contributed by atoms with E-state index in [0.717, 1.165) is 56.0 Å². The summed E-state index contributed by atoms with van der Waals surface area (Å²) < 4.78 is 0. The van der Waals surface area contributed by atoms with Crippen LogP contribution in [-0.4, -0.2) is 35.5 Å². The monoisotopic (exact) mass is 324 g/mol. The second-order valence-corrected chi connectivity index (χ2v) is 6.20. The van der Waals surface area contributed by atoms with Crippen LogP contribution in [0.2, 0.25) is 0 Å². The van der Waals surface area contributed by atoms with Crippen molar-refractivity contribution >= 4 is 11.7 Å². The molecule has 0 bridgehead atoms. The Morgan fingerprint density at radius 3 is 2.92 bits per heavy atom. The molecular formula is C19H24N4O. The first-order valence-corrected chi connectivity index (χ1v) is 8.68. The molecule has 1 atom stereocenters. The second kappa shape index (κ2) is 7.90. The van der Waals surface area contributed by atoms with Gasteiger partial charge in [0, 0.05) is 31.3 Å². The van der Waals surface area contributed by atoms with Gasteiger partial charge in [0.2, 0.25) is 5.91 Å². The Morgan fingerprint density at radius 2 is 2.12 bits per heavy atom. The Hall–Kier alpha value is -2.43. The van der Waals surface area contributed by atoms with Gasteiger partial charge in [-0.15, -0.1) is 0 Å². The zero-order chi connectivity index (χ0) is 16.8. The van der Waals surface area contributed by atoms with Crippen molar-refractivity contribution < 1.29 is 4.79 Å². The van der Waals surface area contributed by atoms with E-state index >= 15 is 0 Å². The molecule has 1 aromatic heterocycles. The van der Waals surface area contributed by atoms with Gasteiger partial charge in [-0.3, -0.25) is 4.79 Å². The van der Waals surface area contributed by atoms with Crippen LogP contribution in [0.3, 0.4) is 0 Å². The van der Waals surface area contributed by atoms with E-state index in [1.165, 1.54) is 0 Å². The summed E-state index contributed by atoms with van der Waals surface area (Å²) in [5, 5.41) is 3.01. The second-order valence-electron chi connectivity index (χ2n) is 6.20. The highest BCUT2D eigenvalue weighted by Gasteiger charge is 2.26. The highest BCUT2D eigenvalue weighted by Crippen LogP contribution is 2.25. The number of hydrogen-bond acceptors (Lipinski definition) is 4. The Balaban J connectivity index is 1.73. The molecule has 3 rings (SSSR count). The Bertz CT molecular complexity index is 674. The van der Waals surface area contributed by atoms with Gasteiger partial charge >= 0.3 is 0 Å². The minimum absolute atomic E-state index is 0.0421. The third kappa shape index (κ3) is 3.91. The zero-order valence-corrected chi connectivity index (χ0v) is 14.1. The van der Waals surface area contributed by atoms with Gasteiger partial charge in [0.05, 0.1) is 11.6 Å². The summed E-state index contributed by atoms with van der Waals surface area (Å²) in [5.74, 6) is 1.11. The fraction of sp³-hybridized carbons (Fsp3) is 0.421. The molecular weight excluding hydrogens is 300 g/mol. The first-order valence-electron chi connectivity index (χ1n) is 8.68. The lowest BCUT2D eigenvalue weighted by Crippen LogP contribution is -2.43. The van der Waals surface area contributed by atoms with Crippen LogP contribution in [0, 0.1) is 5.92 Å². The normalized spacial score (nSPS) is 17.5. The van der Waals surface area contributed by atoms with E-state index in [-0.39, 0.29) is 11.8 Å². The van der Waals surface area contributed by atoms with Crippen molar-refractivity contribution in [3.05, 3.63) is 42.7 Å². The maximum atomic E-state index is 12.3. The quantitative estimate of drug-likeness (QED) is 0.919. The molecule has 126 valence electrons. The lowest BCUT2D eigenvalue weighted by molar-refractivity contribution is -0.125. The minimum Gasteiger partial charge on any atom is -0.356 e. The molecule has 1 aliphatic rings. The number of carbonyl (C=O) groups is 1. The van der Waals surface area contributed by atoms with E-state index in [0.29, 0.717) is 0 Å². The van der Waals surface area contributed by atoms with Crippen molar-refractivity contribution in [1.82, 2.24) is 15.3 Å². The summed E-state index contributed by atoms with van der Waals surface area (Å²) in [7, 11) is 0. The highest BCUT2D eigenvalue weighted by atomic mass is 16.1. The molecule has 1 unspecified atom stereocenters. The Labute approximate surface area is 143 Å². The summed E-state index contributed by atoms with van der Waals surface area (Å²) in [6.07, 6.45) is 4.53. The topological polar surface area (TPSA) is 58.1 Å². The largest absolute Gasteiger partial charge is 0.356 e. The van der Waals surface area contributed by atoms with Crippen molar-refractivity contribution in [3.63, 3.8) is 0 Å². The highest BCUT2D eigenvalue weighted by molar-refractivity contribution is 5.79. The lowest BCUT2D eigenvalue weighted by Gasteiger charge is -2.33. The van der Waals surface area contributed by atoms with Crippen LogP contribution in [0.5, 0.6) is 0 Å². The van der Waals surface area contributed by atoms with Crippen LogP contribution in [0.4, 0.5) is 5.82 Å². The number of nitrogens with one attached hydrogen (secondary N) is 1. The van der Waals surface area contributed by atoms with Crippen LogP contribution in [0.15, 0.2) is 42.7 Å². The number of nitrogens with zero attached hydrogens (tertiary/aromatic N) is 3. The number of rotatable bonds is 5. The lowest BCUT2D eigenvalue weighted by atomic mass is 9.97. The van der Waals surface area contributed by atoms with Gasteiger partial charge in [-0.2, -0.15) is 0 Å². The molecule has 0 aliphatic carbocycles. The molecule has 1 amide bonds. The van der Waals surface area contributed by atoms with E-state index in [2.05, 4.69) is 27.1 Å². The van der Waals surface area contributed by atoms with E-state index < -0.39 is 0 Å². The van der Waals surface area contributed by atoms with Gasteiger partial charge < -0.3 is 10.2 Å². The molecule has 2 heterocycles. The number of aromatic nitrogens is 2. The predicted octanol–water partition coefficient (Wildman–Crippen LogP) is 2.89. The van der Waals surface area contributed by atoms with Gasteiger partial charge in [0.25, 0.3) is 0 Å². The van der Waals surface area contributed by atoms with E-state index in [4.69, 9.17) is 0 Å². The maximum absolute atomic E-state index is 12.3. The fourth-order valence-electron chi connectivity index (χ4n) is 3.08. The number of benzene rings is 1. The van der Waals surface area contributed by atoms with Crippen molar-refractivity contribution in [2.75, 3.05) is 24.5 Å². The summed E-state index contributed by atoms with van der Waals surface area (Å²) in [5.41, 5.74) is 1.99. The first-order chi connectivity index (χ1) is 11.8. The molecule has 1 N–H and O–H groups in total. The van der Waals surface area contributed by atoms with Crippen molar-refractivity contribution in [2.24, 2.45) is 5.92 Å². The number of piperidine rings is 1. The molecule has 1 aliphatic heterocycles. The molecule has 5 nitrogen and oxygen atoms in total. The van der Waals surface area contributed by atoms with E-state index in [1.807, 2.05) is 36.4 Å². The smallest absolute Gasteiger partial charge is 0.224 e. The summed E-state index contributed by atoms with van der Waals surface area (Å²) >= 11 is 0. The van der Waals surface area contributed by atoms with Crippen LogP contribution in [0.1, 0.15) is 26.2 Å². The van der Waals surface area contributed by atoms with E-state index in [1.54, 1.807) is 6.33 Å². The number of anilines is 1. The Kier molecular flexibility index (Phi) is 5.41. The molecule has 2 aromatic rings. The van der Waals surface area contributed by atoms with Crippen molar-refractivity contribution in [2.45, 2.75) is 26.2 Å². The van der Waals surface area contributed by atoms with Crippen LogP contribution < -0.4 is 10.2 Å². The van der Waals surface area contributed by atoms with Gasteiger partial charge in [-0.25, -0.2) is 9.97 Å². The minimum atomic E-state index is 0.0421. The predicted molar refractivity (Wildman–Crippen MR) is 95.7 cm³/mol. The van der Waals surface area contributed by atoms with Crippen molar-refractivity contribution in [1.29, 1.82) is 0 Å².